The van der Waals surface area contributed by atoms with Crippen LogP contribution in [0.25, 0.3) is 0 Å². The van der Waals surface area contributed by atoms with Crippen LogP contribution in [0.2, 0.25) is 0 Å². The van der Waals surface area contributed by atoms with Crippen LogP contribution in [-0.4, -0.2) is 4.98 Å². The molecule has 3 nitrogen and oxygen atoms in total. The van der Waals surface area contributed by atoms with Gasteiger partial charge in [-0.3, -0.25) is 0 Å². The summed E-state index contributed by atoms with van der Waals surface area (Å²) in [7, 11) is 0. The number of aromatic nitrogens is 1. The number of nitrogens with one attached hydrogen (secondary N) is 1. The van der Waals surface area contributed by atoms with Crippen molar-refractivity contribution in [1.82, 2.24) is 10.3 Å². The Morgan fingerprint density at radius 2 is 2.44 bits per heavy atom. The van der Waals surface area contributed by atoms with E-state index in [-0.39, 0.29) is 6.04 Å². The molecule has 0 aromatic carbocycles. The molecule has 16 heavy (non-hydrogen) atoms. The highest BCUT2D eigenvalue weighted by molar-refractivity contribution is 9.10. The molecule has 0 fully saturated rings. The highest BCUT2D eigenvalue weighted by Gasteiger charge is 2.10. The number of aryl methyl sites for hydroxylation is 1. The van der Waals surface area contributed by atoms with Crippen LogP contribution in [0.3, 0.4) is 0 Å². The van der Waals surface area contributed by atoms with Gasteiger partial charge in [0, 0.05) is 21.3 Å². The van der Waals surface area contributed by atoms with Crippen molar-refractivity contribution in [3.05, 3.63) is 38.6 Å². The van der Waals surface area contributed by atoms with E-state index in [0.717, 1.165) is 22.7 Å². The molecule has 1 atom stereocenters. The van der Waals surface area contributed by atoms with Crippen LogP contribution >= 0.6 is 27.3 Å². The fourth-order valence-electron chi connectivity index (χ4n) is 1.36. The molecule has 86 valence electrons. The van der Waals surface area contributed by atoms with E-state index in [2.05, 4.69) is 37.7 Å². The molecule has 0 aliphatic rings. The summed E-state index contributed by atoms with van der Waals surface area (Å²) in [5.41, 5.74) is 0. The summed E-state index contributed by atoms with van der Waals surface area (Å²) < 4.78 is 6.59. The third-order valence-corrected chi connectivity index (χ3v) is 3.91. The summed E-state index contributed by atoms with van der Waals surface area (Å²) in [5.74, 6) is 1.59. The minimum Gasteiger partial charge on any atom is -0.444 e. The first kappa shape index (κ1) is 11.8. The fourth-order valence-corrected chi connectivity index (χ4v) is 2.76. The predicted molar refractivity (Wildman–Crippen MR) is 68.5 cm³/mol. The Balaban J connectivity index is 1.91. The molecule has 1 unspecified atom stereocenters. The molecule has 1 N–H and O–H groups in total. The number of oxazole rings is 1. The molecule has 0 aliphatic carbocycles. The monoisotopic (exact) mass is 300 g/mol. The molecule has 0 amide bonds. The molecule has 2 rings (SSSR count). The Hall–Kier alpha value is -0.650. The smallest absolute Gasteiger partial charge is 0.211 e. The highest BCUT2D eigenvalue weighted by Crippen LogP contribution is 2.20. The lowest BCUT2D eigenvalue weighted by atomic mass is 10.3. The third kappa shape index (κ3) is 2.93. The maximum Gasteiger partial charge on any atom is 0.211 e. The molecule has 2 heterocycles. The molecular weight excluding hydrogens is 288 g/mol. The second kappa shape index (κ2) is 5.12. The Kier molecular flexibility index (Phi) is 3.78. The summed E-state index contributed by atoms with van der Waals surface area (Å²) in [6.07, 6.45) is 1.75. The van der Waals surface area contributed by atoms with Crippen molar-refractivity contribution in [3.63, 3.8) is 0 Å². The van der Waals surface area contributed by atoms with Crippen molar-refractivity contribution in [1.29, 1.82) is 0 Å². The van der Waals surface area contributed by atoms with Crippen molar-refractivity contribution >= 4 is 27.3 Å². The summed E-state index contributed by atoms with van der Waals surface area (Å²) in [4.78, 5) is 5.49. The topological polar surface area (TPSA) is 38.1 Å². The summed E-state index contributed by atoms with van der Waals surface area (Å²) in [6, 6.07) is 2.25. The van der Waals surface area contributed by atoms with Crippen molar-refractivity contribution in [2.24, 2.45) is 0 Å². The average molecular weight is 301 g/mol. The van der Waals surface area contributed by atoms with Gasteiger partial charge in [0.25, 0.3) is 0 Å². The van der Waals surface area contributed by atoms with Gasteiger partial charge in [-0.25, -0.2) is 4.98 Å². The van der Waals surface area contributed by atoms with Crippen LogP contribution in [0.15, 0.2) is 26.5 Å². The van der Waals surface area contributed by atoms with Gasteiger partial charge in [-0.1, -0.05) is 0 Å². The molecule has 0 saturated heterocycles. The predicted octanol–water partition coefficient (Wildman–Crippen LogP) is 3.66. The van der Waals surface area contributed by atoms with E-state index in [1.54, 1.807) is 17.5 Å². The first-order valence-corrected chi connectivity index (χ1v) is 6.71. The molecule has 2 aromatic rings. The van der Waals surface area contributed by atoms with Crippen molar-refractivity contribution < 1.29 is 4.42 Å². The largest absolute Gasteiger partial charge is 0.444 e. The van der Waals surface area contributed by atoms with Crippen molar-refractivity contribution in [2.75, 3.05) is 0 Å². The van der Waals surface area contributed by atoms with Crippen LogP contribution in [0.4, 0.5) is 0 Å². The second-order valence-electron chi connectivity index (χ2n) is 3.64. The Bertz CT molecular complexity index is 466. The van der Waals surface area contributed by atoms with Crippen LogP contribution < -0.4 is 5.32 Å². The first-order chi connectivity index (χ1) is 7.65. The normalized spacial score (nSPS) is 12.9. The van der Waals surface area contributed by atoms with Crippen LogP contribution in [-0.2, 0) is 6.54 Å². The SMILES string of the molecule is Cc1cnc(C(C)NCc2cc(Br)cs2)o1. The van der Waals surface area contributed by atoms with Gasteiger partial charge in [-0.15, -0.1) is 11.3 Å². The number of hydrogen-bond acceptors (Lipinski definition) is 4. The quantitative estimate of drug-likeness (QED) is 0.936. The number of nitrogens with zero attached hydrogens (tertiary/aromatic N) is 1. The summed E-state index contributed by atoms with van der Waals surface area (Å²) in [6.45, 7) is 4.78. The lowest BCUT2D eigenvalue weighted by molar-refractivity contribution is 0.403. The number of halogens is 1. The molecule has 0 aliphatic heterocycles. The van der Waals surface area contributed by atoms with Gasteiger partial charge in [0.05, 0.1) is 12.2 Å². The Morgan fingerprint density at radius 3 is 3.00 bits per heavy atom. The minimum absolute atomic E-state index is 0.134. The molecule has 0 radical (unpaired) electrons. The second-order valence-corrected chi connectivity index (χ2v) is 5.55. The van der Waals surface area contributed by atoms with Gasteiger partial charge in [0.1, 0.15) is 5.76 Å². The lowest BCUT2D eigenvalue weighted by Crippen LogP contribution is -2.17. The minimum atomic E-state index is 0.134. The zero-order valence-corrected chi connectivity index (χ0v) is 11.6. The maximum absolute atomic E-state index is 5.46. The van der Waals surface area contributed by atoms with E-state index in [1.807, 2.05) is 13.8 Å². The third-order valence-electron chi connectivity index (χ3n) is 2.21. The molecule has 0 saturated carbocycles. The number of rotatable bonds is 4. The highest BCUT2D eigenvalue weighted by atomic mass is 79.9. The lowest BCUT2D eigenvalue weighted by Gasteiger charge is -2.08. The van der Waals surface area contributed by atoms with Crippen molar-refractivity contribution in [2.45, 2.75) is 26.4 Å². The fraction of sp³-hybridized carbons (Fsp3) is 0.364. The van der Waals surface area contributed by atoms with E-state index in [0.29, 0.717) is 0 Å². The molecule has 0 spiro atoms. The van der Waals surface area contributed by atoms with Crippen molar-refractivity contribution in [3.8, 4) is 0 Å². The van der Waals surface area contributed by atoms with Crippen LogP contribution in [0.1, 0.15) is 29.5 Å². The van der Waals surface area contributed by atoms with Gasteiger partial charge in [0.2, 0.25) is 5.89 Å². The molecule has 2 aromatic heterocycles. The Morgan fingerprint density at radius 1 is 1.62 bits per heavy atom. The van der Waals surface area contributed by atoms with Gasteiger partial charge in [-0.2, -0.15) is 0 Å². The Labute approximate surface area is 107 Å². The molecular formula is C11H13BrN2OS. The van der Waals surface area contributed by atoms with Crippen LogP contribution in [0, 0.1) is 6.92 Å². The van der Waals surface area contributed by atoms with Gasteiger partial charge < -0.3 is 9.73 Å². The first-order valence-electron chi connectivity index (χ1n) is 5.04. The molecule has 0 bridgehead atoms. The van der Waals surface area contributed by atoms with Crippen LogP contribution in [0.5, 0.6) is 0 Å². The maximum atomic E-state index is 5.46. The number of thiophene rings is 1. The van der Waals surface area contributed by atoms with Gasteiger partial charge >= 0.3 is 0 Å². The van der Waals surface area contributed by atoms with Gasteiger partial charge in [-0.05, 0) is 35.8 Å². The summed E-state index contributed by atoms with van der Waals surface area (Å²) in [5, 5.41) is 5.46. The zero-order chi connectivity index (χ0) is 11.5. The average Bonchev–Trinajstić information content (AvgIpc) is 2.84. The van der Waals surface area contributed by atoms with Gasteiger partial charge in [0.15, 0.2) is 0 Å². The van der Waals surface area contributed by atoms with E-state index in [9.17, 15) is 0 Å². The summed E-state index contributed by atoms with van der Waals surface area (Å²) >= 11 is 5.17. The van der Waals surface area contributed by atoms with E-state index in [4.69, 9.17) is 4.42 Å². The number of hydrogen-bond donors (Lipinski definition) is 1. The molecule has 5 heteroatoms. The van der Waals surface area contributed by atoms with E-state index < -0.39 is 0 Å². The zero-order valence-electron chi connectivity index (χ0n) is 9.16. The standard InChI is InChI=1S/C11H13BrN2OS/c1-7-4-14-11(15-7)8(2)13-5-10-3-9(12)6-16-10/h3-4,6,8,13H,5H2,1-2H3. The van der Waals surface area contributed by atoms with E-state index >= 15 is 0 Å². The van der Waals surface area contributed by atoms with E-state index in [1.165, 1.54) is 4.88 Å².